The third kappa shape index (κ3) is 2.94. The molecule has 0 bridgehead atoms. The molecule has 14 heavy (non-hydrogen) atoms. The lowest BCUT2D eigenvalue weighted by Gasteiger charge is -2.04. The highest BCUT2D eigenvalue weighted by Crippen LogP contribution is 2.09. The van der Waals surface area contributed by atoms with E-state index in [-0.39, 0.29) is 11.7 Å². The Balaban J connectivity index is 2.50. The first-order valence-corrected chi connectivity index (χ1v) is 4.31. The minimum Gasteiger partial charge on any atom is -0.508 e. The van der Waals surface area contributed by atoms with Gasteiger partial charge in [0.25, 0.3) is 0 Å². The minimum absolute atomic E-state index is 0.155. The van der Waals surface area contributed by atoms with Gasteiger partial charge in [0.05, 0.1) is 0 Å². The van der Waals surface area contributed by atoms with Crippen molar-refractivity contribution >= 4 is 5.91 Å². The summed E-state index contributed by atoms with van der Waals surface area (Å²) >= 11 is 0. The summed E-state index contributed by atoms with van der Waals surface area (Å²) in [6.45, 7) is 5.64. The number of phenolic OH excluding ortho intramolecular Hbond substituents is 1. The van der Waals surface area contributed by atoms with E-state index in [1.165, 1.54) is 0 Å². The number of aromatic hydroxyl groups is 1. The lowest BCUT2D eigenvalue weighted by atomic mass is 10.2. The fourth-order valence-electron chi connectivity index (χ4n) is 0.947. The van der Waals surface area contributed by atoms with E-state index >= 15 is 0 Å². The quantitative estimate of drug-likeness (QED) is 0.713. The van der Waals surface area contributed by atoms with Gasteiger partial charge in [-0.3, -0.25) is 4.79 Å². The van der Waals surface area contributed by atoms with Crippen LogP contribution in [0.5, 0.6) is 5.75 Å². The van der Waals surface area contributed by atoms with Gasteiger partial charge < -0.3 is 10.4 Å². The molecule has 0 saturated carbocycles. The molecule has 0 heterocycles. The van der Waals surface area contributed by atoms with E-state index in [0.29, 0.717) is 12.1 Å². The van der Waals surface area contributed by atoms with Gasteiger partial charge in [0, 0.05) is 12.1 Å². The Morgan fingerprint density at radius 1 is 1.43 bits per heavy atom. The normalized spacial score (nSPS) is 9.50. The largest absolute Gasteiger partial charge is 0.508 e. The average Bonchev–Trinajstić information content (AvgIpc) is 2.16. The van der Waals surface area contributed by atoms with Crippen LogP contribution in [-0.2, 0) is 11.3 Å². The Morgan fingerprint density at radius 3 is 2.50 bits per heavy atom. The van der Waals surface area contributed by atoms with Crippen LogP contribution in [0.25, 0.3) is 0 Å². The third-order valence-electron chi connectivity index (χ3n) is 1.78. The maximum atomic E-state index is 11.1. The van der Waals surface area contributed by atoms with E-state index in [1.54, 1.807) is 31.2 Å². The SMILES string of the molecule is C=C(C)C(=O)NCc1ccc(O)cc1. The monoisotopic (exact) mass is 191 g/mol. The van der Waals surface area contributed by atoms with Crippen LogP contribution in [0.4, 0.5) is 0 Å². The predicted molar refractivity (Wildman–Crippen MR) is 54.8 cm³/mol. The van der Waals surface area contributed by atoms with Gasteiger partial charge in [-0.15, -0.1) is 0 Å². The first-order chi connectivity index (χ1) is 6.59. The molecule has 0 aliphatic carbocycles. The second-order valence-electron chi connectivity index (χ2n) is 3.13. The zero-order chi connectivity index (χ0) is 10.6. The van der Waals surface area contributed by atoms with Gasteiger partial charge >= 0.3 is 0 Å². The maximum absolute atomic E-state index is 11.1. The summed E-state index contributed by atoms with van der Waals surface area (Å²) in [6.07, 6.45) is 0. The highest BCUT2D eigenvalue weighted by Gasteiger charge is 2.00. The smallest absolute Gasteiger partial charge is 0.246 e. The Hall–Kier alpha value is -1.77. The van der Waals surface area contributed by atoms with Crippen LogP contribution < -0.4 is 5.32 Å². The minimum atomic E-state index is -0.155. The van der Waals surface area contributed by atoms with Gasteiger partial charge in [-0.25, -0.2) is 0 Å². The number of hydrogen-bond donors (Lipinski definition) is 2. The number of phenols is 1. The Labute approximate surface area is 83.1 Å². The third-order valence-corrected chi connectivity index (χ3v) is 1.78. The molecule has 3 nitrogen and oxygen atoms in total. The number of carbonyl (C=O) groups is 1. The zero-order valence-electron chi connectivity index (χ0n) is 8.08. The number of benzene rings is 1. The highest BCUT2D eigenvalue weighted by molar-refractivity contribution is 5.91. The Bertz CT molecular complexity index is 341. The summed E-state index contributed by atoms with van der Waals surface area (Å²) in [6, 6.07) is 6.69. The van der Waals surface area contributed by atoms with Crippen molar-refractivity contribution < 1.29 is 9.90 Å². The summed E-state index contributed by atoms with van der Waals surface area (Å²) in [7, 11) is 0. The molecule has 0 spiro atoms. The predicted octanol–water partition coefficient (Wildman–Crippen LogP) is 1.58. The first kappa shape index (κ1) is 10.3. The van der Waals surface area contributed by atoms with Crippen LogP contribution in [-0.4, -0.2) is 11.0 Å². The van der Waals surface area contributed by atoms with Crippen molar-refractivity contribution in [3.05, 3.63) is 42.0 Å². The second-order valence-corrected chi connectivity index (χ2v) is 3.13. The van der Waals surface area contributed by atoms with Crippen LogP contribution in [0.15, 0.2) is 36.4 Å². The Morgan fingerprint density at radius 2 is 2.00 bits per heavy atom. The van der Waals surface area contributed by atoms with E-state index in [4.69, 9.17) is 5.11 Å². The lowest BCUT2D eigenvalue weighted by molar-refractivity contribution is -0.117. The van der Waals surface area contributed by atoms with Crippen molar-refractivity contribution in [1.82, 2.24) is 5.32 Å². The molecular weight excluding hydrogens is 178 g/mol. The zero-order valence-corrected chi connectivity index (χ0v) is 8.08. The standard InChI is InChI=1S/C11H13NO2/c1-8(2)11(14)12-7-9-3-5-10(13)6-4-9/h3-6,13H,1,7H2,2H3,(H,12,14). The van der Waals surface area contributed by atoms with E-state index in [9.17, 15) is 4.79 Å². The molecule has 0 fully saturated rings. The molecule has 0 aromatic heterocycles. The van der Waals surface area contributed by atoms with Crippen LogP contribution in [0.1, 0.15) is 12.5 Å². The molecule has 0 radical (unpaired) electrons. The maximum Gasteiger partial charge on any atom is 0.246 e. The summed E-state index contributed by atoms with van der Waals surface area (Å²) in [4.78, 5) is 11.1. The van der Waals surface area contributed by atoms with E-state index in [0.717, 1.165) is 5.56 Å². The highest BCUT2D eigenvalue weighted by atomic mass is 16.3. The van der Waals surface area contributed by atoms with Gasteiger partial charge in [-0.2, -0.15) is 0 Å². The molecule has 74 valence electrons. The van der Waals surface area contributed by atoms with Crippen molar-refractivity contribution in [3.63, 3.8) is 0 Å². The molecule has 1 rings (SSSR count). The number of carbonyl (C=O) groups excluding carboxylic acids is 1. The van der Waals surface area contributed by atoms with Crippen LogP contribution >= 0.6 is 0 Å². The van der Waals surface area contributed by atoms with Crippen molar-refractivity contribution in [3.8, 4) is 5.75 Å². The number of hydrogen-bond acceptors (Lipinski definition) is 2. The fourth-order valence-corrected chi connectivity index (χ4v) is 0.947. The van der Waals surface area contributed by atoms with Crippen molar-refractivity contribution in [2.45, 2.75) is 13.5 Å². The van der Waals surface area contributed by atoms with Gasteiger partial charge in [-0.1, -0.05) is 18.7 Å². The number of nitrogens with one attached hydrogen (secondary N) is 1. The molecule has 0 aliphatic rings. The topological polar surface area (TPSA) is 49.3 Å². The fraction of sp³-hybridized carbons (Fsp3) is 0.182. The van der Waals surface area contributed by atoms with E-state index in [1.807, 2.05) is 0 Å². The van der Waals surface area contributed by atoms with Gasteiger partial charge in [0.15, 0.2) is 0 Å². The summed E-state index contributed by atoms with van der Waals surface area (Å²) in [5, 5.41) is 11.7. The van der Waals surface area contributed by atoms with Crippen LogP contribution in [0.2, 0.25) is 0 Å². The second kappa shape index (κ2) is 4.46. The Kier molecular flexibility index (Phi) is 3.29. The van der Waals surface area contributed by atoms with Crippen molar-refractivity contribution in [2.24, 2.45) is 0 Å². The van der Waals surface area contributed by atoms with Crippen LogP contribution in [0.3, 0.4) is 0 Å². The van der Waals surface area contributed by atoms with E-state index in [2.05, 4.69) is 11.9 Å². The van der Waals surface area contributed by atoms with Crippen molar-refractivity contribution in [1.29, 1.82) is 0 Å². The van der Waals surface area contributed by atoms with Gasteiger partial charge in [-0.05, 0) is 24.6 Å². The molecule has 1 aromatic rings. The first-order valence-electron chi connectivity index (χ1n) is 4.31. The molecule has 0 aliphatic heterocycles. The number of amides is 1. The molecule has 0 unspecified atom stereocenters. The molecule has 1 aromatic carbocycles. The molecule has 3 heteroatoms. The lowest BCUT2D eigenvalue weighted by Crippen LogP contribution is -2.22. The summed E-state index contributed by atoms with van der Waals surface area (Å²) in [5.74, 6) is 0.0676. The molecule has 0 atom stereocenters. The van der Waals surface area contributed by atoms with Gasteiger partial charge in [0.1, 0.15) is 5.75 Å². The number of rotatable bonds is 3. The van der Waals surface area contributed by atoms with Gasteiger partial charge in [0.2, 0.25) is 5.91 Å². The summed E-state index contributed by atoms with van der Waals surface area (Å²) in [5.41, 5.74) is 1.43. The molecule has 2 N–H and O–H groups in total. The van der Waals surface area contributed by atoms with Crippen LogP contribution in [0, 0.1) is 0 Å². The molecular formula is C11H13NO2. The summed E-state index contributed by atoms with van der Waals surface area (Å²) < 4.78 is 0. The van der Waals surface area contributed by atoms with E-state index < -0.39 is 0 Å². The molecule has 0 saturated heterocycles. The molecule has 1 amide bonds. The van der Waals surface area contributed by atoms with Crippen molar-refractivity contribution in [2.75, 3.05) is 0 Å². The average molecular weight is 191 g/mol.